The third kappa shape index (κ3) is 6.80. The molecule has 5 nitrogen and oxygen atoms in total. The van der Waals surface area contributed by atoms with Crippen molar-refractivity contribution in [1.29, 1.82) is 0 Å². The van der Waals surface area contributed by atoms with Crippen LogP contribution < -0.4 is 4.74 Å². The molecule has 2 bridgehead atoms. The van der Waals surface area contributed by atoms with Gasteiger partial charge in [0.2, 0.25) is 0 Å². The quantitative estimate of drug-likeness (QED) is 0.147. The van der Waals surface area contributed by atoms with Crippen molar-refractivity contribution in [1.82, 2.24) is 4.90 Å². The molecule has 4 aromatic rings. The molecule has 2 atom stereocenters. The Balaban J connectivity index is 1.08. The molecule has 3 aliphatic rings. The summed E-state index contributed by atoms with van der Waals surface area (Å²) >= 11 is 0. The number of carbonyl (C=O) groups is 2. The van der Waals surface area contributed by atoms with E-state index in [0.717, 1.165) is 73.2 Å². The maximum Gasteiger partial charge on any atom is 0.307 e. The summed E-state index contributed by atoms with van der Waals surface area (Å²) in [5, 5.41) is 0. The zero-order valence-electron chi connectivity index (χ0n) is 23.9. The number of esters is 1. The van der Waals surface area contributed by atoms with E-state index in [1.807, 2.05) is 54.6 Å². The van der Waals surface area contributed by atoms with Gasteiger partial charge < -0.3 is 9.47 Å². The van der Waals surface area contributed by atoms with E-state index in [9.17, 15) is 9.59 Å². The van der Waals surface area contributed by atoms with E-state index in [1.165, 1.54) is 5.56 Å². The minimum absolute atomic E-state index is 0.0168. The highest BCUT2D eigenvalue weighted by molar-refractivity contribution is 5.77. The standard InChI is InChI=1S/C37H37NO4/c39-26-28-11-15-30(16-12-28)29-13-9-27(10-14-29)19-22-41-34-8-4-7-33(23-34)35(31-5-2-1-3-6-31)24-37(40)42-36-25-38-20-17-32(36)18-21-38/h1-16,23,26,32,35-36H,17-22,24-25H2/t35?,36-/m0/s1. The second-order valence-corrected chi connectivity index (χ2v) is 11.4. The number of ether oxygens (including phenoxy) is 2. The summed E-state index contributed by atoms with van der Waals surface area (Å²) in [6.07, 6.45) is 4.21. The van der Waals surface area contributed by atoms with Crippen LogP contribution in [0.2, 0.25) is 0 Å². The lowest BCUT2D eigenvalue weighted by Gasteiger charge is -2.44. The maximum atomic E-state index is 13.2. The average Bonchev–Trinajstić information content (AvgIpc) is 3.05. The molecule has 3 fully saturated rings. The Morgan fingerprint density at radius 3 is 2.19 bits per heavy atom. The van der Waals surface area contributed by atoms with Crippen molar-refractivity contribution >= 4 is 12.3 Å². The lowest BCUT2D eigenvalue weighted by Crippen LogP contribution is -2.52. The first-order chi connectivity index (χ1) is 20.6. The maximum absolute atomic E-state index is 13.2. The van der Waals surface area contributed by atoms with Crippen LogP contribution in [0.15, 0.2) is 103 Å². The van der Waals surface area contributed by atoms with Crippen molar-refractivity contribution in [3.8, 4) is 16.9 Å². The summed E-state index contributed by atoms with van der Waals surface area (Å²) in [6, 6.07) is 34.4. The lowest BCUT2D eigenvalue weighted by molar-refractivity contribution is -0.159. The smallest absolute Gasteiger partial charge is 0.307 e. The first-order valence-electron chi connectivity index (χ1n) is 15.0. The highest BCUT2D eigenvalue weighted by Crippen LogP contribution is 2.33. The van der Waals surface area contributed by atoms with Crippen molar-refractivity contribution in [3.63, 3.8) is 0 Å². The molecule has 3 aliphatic heterocycles. The monoisotopic (exact) mass is 559 g/mol. The second kappa shape index (κ2) is 13.2. The summed E-state index contributed by atoms with van der Waals surface area (Å²) in [7, 11) is 0. The van der Waals surface area contributed by atoms with Crippen LogP contribution in [0, 0.1) is 5.92 Å². The van der Waals surface area contributed by atoms with Crippen LogP contribution in [0.3, 0.4) is 0 Å². The van der Waals surface area contributed by atoms with Crippen LogP contribution in [-0.2, 0) is 16.0 Å². The van der Waals surface area contributed by atoms with Crippen LogP contribution in [0.5, 0.6) is 5.75 Å². The Hall–Kier alpha value is -4.22. The molecule has 0 N–H and O–H groups in total. The number of hydrogen-bond donors (Lipinski definition) is 0. The SMILES string of the molecule is O=Cc1ccc(-c2ccc(CCOc3cccc(C(CC(=O)O[C@H]4CN5CCC4CC5)c4ccccc4)c3)cc2)cc1. The molecule has 0 saturated carbocycles. The van der Waals surface area contributed by atoms with Crippen molar-refractivity contribution in [3.05, 3.63) is 125 Å². The Morgan fingerprint density at radius 2 is 1.52 bits per heavy atom. The Labute approximate surface area is 248 Å². The number of aldehydes is 1. The average molecular weight is 560 g/mol. The Bertz CT molecular complexity index is 1470. The second-order valence-electron chi connectivity index (χ2n) is 11.4. The molecule has 42 heavy (non-hydrogen) atoms. The van der Waals surface area contributed by atoms with Crippen molar-refractivity contribution in [2.75, 3.05) is 26.2 Å². The highest BCUT2D eigenvalue weighted by Gasteiger charge is 2.36. The molecule has 0 aromatic heterocycles. The predicted molar refractivity (Wildman–Crippen MR) is 165 cm³/mol. The number of nitrogens with zero attached hydrogens (tertiary/aromatic N) is 1. The fourth-order valence-electron chi connectivity index (χ4n) is 6.27. The van der Waals surface area contributed by atoms with E-state index in [2.05, 4.69) is 53.4 Å². The molecule has 1 unspecified atom stereocenters. The minimum atomic E-state index is -0.128. The molecular weight excluding hydrogens is 522 g/mol. The van der Waals surface area contributed by atoms with Gasteiger partial charge in [-0.3, -0.25) is 14.5 Å². The topological polar surface area (TPSA) is 55.8 Å². The third-order valence-corrected chi connectivity index (χ3v) is 8.71. The van der Waals surface area contributed by atoms with Gasteiger partial charge in [-0.05, 0) is 71.8 Å². The summed E-state index contributed by atoms with van der Waals surface area (Å²) in [6.45, 7) is 3.67. The van der Waals surface area contributed by atoms with Gasteiger partial charge in [-0.15, -0.1) is 0 Å². The van der Waals surface area contributed by atoms with Crippen LogP contribution in [0.4, 0.5) is 0 Å². The summed E-state index contributed by atoms with van der Waals surface area (Å²) < 4.78 is 12.2. The fraction of sp³-hybridized carbons (Fsp3) is 0.297. The van der Waals surface area contributed by atoms with Crippen molar-refractivity contribution in [2.45, 2.75) is 37.7 Å². The van der Waals surface area contributed by atoms with E-state index in [-0.39, 0.29) is 18.0 Å². The minimum Gasteiger partial charge on any atom is -0.493 e. The summed E-state index contributed by atoms with van der Waals surface area (Å²) in [4.78, 5) is 26.5. The molecule has 0 amide bonds. The molecule has 5 heteroatoms. The molecule has 3 saturated heterocycles. The first-order valence-corrected chi connectivity index (χ1v) is 15.0. The molecule has 3 heterocycles. The van der Waals surface area contributed by atoms with Crippen LogP contribution in [-0.4, -0.2) is 49.5 Å². The number of piperidine rings is 3. The summed E-state index contributed by atoms with van der Waals surface area (Å²) in [5.74, 6) is 1.07. The van der Waals surface area contributed by atoms with Gasteiger partial charge in [-0.25, -0.2) is 0 Å². The third-order valence-electron chi connectivity index (χ3n) is 8.71. The Kier molecular flexibility index (Phi) is 8.76. The lowest BCUT2D eigenvalue weighted by atomic mass is 9.85. The van der Waals surface area contributed by atoms with E-state index in [1.54, 1.807) is 0 Å². The highest BCUT2D eigenvalue weighted by atomic mass is 16.5. The normalized spacial score (nSPS) is 20.0. The largest absolute Gasteiger partial charge is 0.493 e. The zero-order chi connectivity index (χ0) is 28.7. The van der Waals surface area contributed by atoms with E-state index >= 15 is 0 Å². The number of benzene rings is 4. The van der Waals surface area contributed by atoms with E-state index < -0.39 is 0 Å². The molecule has 214 valence electrons. The van der Waals surface area contributed by atoms with Gasteiger partial charge in [-0.1, -0.05) is 91.0 Å². The number of carbonyl (C=O) groups excluding carboxylic acids is 2. The molecule has 0 aliphatic carbocycles. The molecular formula is C37H37NO4. The number of rotatable bonds is 11. The first kappa shape index (κ1) is 27.9. The Morgan fingerprint density at radius 1 is 0.833 bits per heavy atom. The molecule has 4 aromatic carbocycles. The zero-order valence-corrected chi connectivity index (χ0v) is 23.9. The van der Waals surface area contributed by atoms with Gasteiger partial charge in [0.25, 0.3) is 0 Å². The predicted octanol–water partition coefficient (Wildman–Crippen LogP) is 6.95. The molecule has 0 spiro atoms. The number of hydrogen-bond acceptors (Lipinski definition) is 5. The van der Waals surface area contributed by atoms with Crippen LogP contribution in [0.1, 0.15) is 52.2 Å². The number of fused-ring (bicyclic) bond motifs is 3. The van der Waals surface area contributed by atoms with Gasteiger partial charge in [0.1, 0.15) is 18.1 Å². The molecule has 7 rings (SSSR count). The summed E-state index contributed by atoms with van der Waals surface area (Å²) in [5.41, 5.74) is 6.22. The van der Waals surface area contributed by atoms with E-state index in [4.69, 9.17) is 9.47 Å². The van der Waals surface area contributed by atoms with Crippen LogP contribution in [0.25, 0.3) is 11.1 Å². The van der Waals surface area contributed by atoms with Crippen molar-refractivity contribution < 1.29 is 19.1 Å². The van der Waals surface area contributed by atoms with E-state index in [0.29, 0.717) is 24.5 Å². The molecule has 0 radical (unpaired) electrons. The van der Waals surface area contributed by atoms with Gasteiger partial charge in [-0.2, -0.15) is 0 Å². The van der Waals surface area contributed by atoms with Gasteiger partial charge in [0, 0.05) is 24.4 Å². The van der Waals surface area contributed by atoms with Crippen LogP contribution >= 0.6 is 0 Å². The van der Waals surface area contributed by atoms with Gasteiger partial charge in [0.15, 0.2) is 0 Å². The van der Waals surface area contributed by atoms with Gasteiger partial charge in [0.05, 0.1) is 13.0 Å². The fourth-order valence-corrected chi connectivity index (χ4v) is 6.27. The van der Waals surface area contributed by atoms with Gasteiger partial charge >= 0.3 is 5.97 Å². The van der Waals surface area contributed by atoms with Crippen molar-refractivity contribution in [2.24, 2.45) is 5.92 Å².